The van der Waals surface area contributed by atoms with Gasteiger partial charge in [0.25, 0.3) is 0 Å². The summed E-state index contributed by atoms with van der Waals surface area (Å²) in [5, 5.41) is 21.6. The Kier molecular flexibility index (Phi) is 7.62. The van der Waals surface area contributed by atoms with Gasteiger partial charge in [0.1, 0.15) is 5.75 Å². The quantitative estimate of drug-likeness (QED) is 0.309. The van der Waals surface area contributed by atoms with Gasteiger partial charge in [0.2, 0.25) is 11.0 Å². The average molecular weight is 467 g/mol. The molecule has 4 rings (SSSR count). The Morgan fingerprint density at radius 1 is 1.12 bits per heavy atom. The number of para-hydroxylation sites is 1. The molecule has 2 aromatic carbocycles. The summed E-state index contributed by atoms with van der Waals surface area (Å²) in [7, 11) is 0. The van der Waals surface area contributed by atoms with Crippen LogP contribution in [-0.2, 0) is 4.79 Å². The van der Waals surface area contributed by atoms with Gasteiger partial charge >= 0.3 is 5.97 Å². The molecule has 2 N–H and O–H groups in total. The van der Waals surface area contributed by atoms with E-state index in [2.05, 4.69) is 27.4 Å². The number of hydrogen-bond acceptors (Lipinski definition) is 8. The Balaban J connectivity index is 1.56. The molecule has 0 saturated carbocycles. The molecule has 1 aromatic heterocycles. The minimum Gasteiger partial charge on any atom is -0.482 e. The monoisotopic (exact) mass is 466 g/mol. The van der Waals surface area contributed by atoms with Crippen molar-refractivity contribution in [1.82, 2.24) is 15.2 Å². The first-order valence-corrected chi connectivity index (χ1v) is 12.0. The topological polar surface area (TPSA) is 106 Å². The fraction of sp³-hybridized carbons (Fsp3) is 0.333. The number of carboxylic acids is 1. The van der Waals surface area contributed by atoms with Crippen LogP contribution in [0.25, 0.3) is 11.3 Å². The third-order valence-electron chi connectivity index (χ3n) is 5.11. The third kappa shape index (κ3) is 5.92. The van der Waals surface area contributed by atoms with Gasteiger partial charge in [-0.3, -0.25) is 0 Å². The lowest BCUT2D eigenvalue weighted by molar-refractivity contribution is -0.139. The lowest BCUT2D eigenvalue weighted by Crippen LogP contribution is -2.17. The summed E-state index contributed by atoms with van der Waals surface area (Å²) in [4.78, 5) is 15.4. The molecule has 0 amide bonds. The first-order valence-electron chi connectivity index (χ1n) is 11.0. The number of thioether (sulfide) groups is 1. The highest BCUT2D eigenvalue weighted by Crippen LogP contribution is 2.39. The highest BCUT2D eigenvalue weighted by Gasteiger charge is 2.26. The summed E-state index contributed by atoms with van der Waals surface area (Å²) in [5.74, 6) is 0.819. The van der Waals surface area contributed by atoms with E-state index in [4.69, 9.17) is 14.6 Å². The van der Waals surface area contributed by atoms with Crippen LogP contribution in [0.5, 0.6) is 11.6 Å². The maximum Gasteiger partial charge on any atom is 0.341 e. The maximum absolute atomic E-state index is 10.7. The molecule has 0 bridgehead atoms. The Hall–Kier alpha value is -3.33. The van der Waals surface area contributed by atoms with E-state index in [1.54, 1.807) is 23.9 Å². The van der Waals surface area contributed by atoms with Crippen LogP contribution in [-0.4, -0.2) is 38.6 Å². The lowest BCUT2D eigenvalue weighted by atomic mass is 10.1. The van der Waals surface area contributed by atoms with Crippen molar-refractivity contribution < 1.29 is 19.4 Å². The van der Waals surface area contributed by atoms with E-state index in [1.165, 1.54) is 19.3 Å². The predicted octanol–water partition coefficient (Wildman–Crippen LogP) is 5.18. The Bertz CT molecular complexity index is 1090. The number of aliphatic carboxylic acids is 1. The molecule has 9 heteroatoms. The highest BCUT2D eigenvalue weighted by atomic mass is 32.2. The Morgan fingerprint density at radius 2 is 1.94 bits per heavy atom. The number of benzene rings is 2. The fourth-order valence-electron chi connectivity index (χ4n) is 3.44. The van der Waals surface area contributed by atoms with Crippen molar-refractivity contribution in [2.45, 2.75) is 44.0 Å². The van der Waals surface area contributed by atoms with E-state index >= 15 is 0 Å². The number of unbranched alkanes of at least 4 members (excludes halogenated alkanes) is 3. The second-order valence-electron chi connectivity index (χ2n) is 7.60. The molecule has 1 aliphatic rings. The van der Waals surface area contributed by atoms with Crippen LogP contribution >= 0.6 is 11.8 Å². The third-order valence-corrected chi connectivity index (χ3v) is 6.03. The van der Waals surface area contributed by atoms with Crippen LogP contribution in [0.3, 0.4) is 0 Å². The van der Waals surface area contributed by atoms with Gasteiger partial charge in [0.15, 0.2) is 18.5 Å². The summed E-state index contributed by atoms with van der Waals surface area (Å²) in [6.45, 7) is 1.81. The molecule has 172 valence electrons. The lowest BCUT2D eigenvalue weighted by Gasteiger charge is -2.19. The van der Waals surface area contributed by atoms with Crippen LogP contribution in [0, 0.1) is 0 Å². The van der Waals surface area contributed by atoms with Crippen LogP contribution in [0.2, 0.25) is 0 Å². The van der Waals surface area contributed by atoms with Crippen molar-refractivity contribution in [3.8, 4) is 22.9 Å². The van der Waals surface area contributed by atoms with Crippen LogP contribution in [0.15, 0.2) is 53.7 Å². The number of ether oxygens (including phenoxy) is 2. The van der Waals surface area contributed by atoms with Crippen molar-refractivity contribution in [2.75, 3.05) is 17.7 Å². The van der Waals surface area contributed by atoms with Gasteiger partial charge in [-0.05, 0) is 36.8 Å². The van der Waals surface area contributed by atoms with Gasteiger partial charge < -0.3 is 19.9 Å². The summed E-state index contributed by atoms with van der Waals surface area (Å²) in [6, 6.07) is 14.9. The van der Waals surface area contributed by atoms with Gasteiger partial charge in [-0.25, -0.2) is 4.79 Å². The van der Waals surface area contributed by atoms with Crippen molar-refractivity contribution in [3.05, 3.63) is 54.1 Å². The van der Waals surface area contributed by atoms with Crippen molar-refractivity contribution in [1.29, 1.82) is 0 Å². The zero-order chi connectivity index (χ0) is 23.0. The highest BCUT2D eigenvalue weighted by molar-refractivity contribution is 7.99. The smallest absolute Gasteiger partial charge is 0.341 e. The minimum atomic E-state index is -1.02. The number of anilines is 1. The first kappa shape index (κ1) is 22.8. The molecule has 0 radical (unpaired) electrons. The number of carbonyl (C=O) groups is 1. The molecule has 0 fully saturated rings. The maximum atomic E-state index is 10.7. The largest absolute Gasteiger partial charge is 0.482 e. The van der Waals surface area contributed by atoms with Gasteiger partial charge in [0.05, 0.1) is 0 Å². The summed E-state index contributed by atoms with van der Waals surface area (Å²) in [6.07, 6.45) is 4.24. The standard InChI is InChI=1S/C24H26N4O4S/c1-2-3-4-7-14-33-24-26-23-21(27-28-24)18-8-5-6-9-19(18)25-22(32-23)16-10-12-17(13-11-16)31-15-20(29)30/h5-6,8-13,22,25H,2-4,7,14-15H2,1H3,(H,29,30)/t22-/m1/s1. The van der Waals surface area contributed by atoms with Crippen LogP contribution < -0.4 is 14.8 Å². The molecule has 0 saturated heterocycles. The molecule has 0 unspecified atom stereocenters. The van der Waals surface area contributed by atoms with Gasteiger partial charge in [-0.1, -0.05) is 56.1 Å². The number of fused-ring (bicyclic) bond motifs is 3. The zero-order valence-electron chi connectivity index (χ0n) is 18.4. The average Bonchev–Trinajstić information content (AvgIpc) is 2.99. The number of nitrogens with zero attached hydrogens (tertiary/aromatic N) is 3. The molecule has 3 aromatic rings. The van der Waals surface area contributed by atoms with Crippen LogP contribution in [0.4, 0.5) is 5.69 Å². The number of aromatic nitrogens is 3. The molecule has 0 spiro atoms. The van der Waals surface area contributed by atoms with Crippen molar-refractivity contribution in [2.24, 2.45) is 0 Å². The minimum absolute atomic E-state index is 0.389. The number of nitrogens with one attached hydrogen (secondary N) is 1. The van der Waals surface area contributed by atoms with E-state index in [1.807, 2.05) is 36.4 Å². The normalized spacial score (nSPS) is 14.3. The van der Waals surface area contributed by atoms with Crippen molar-refractivity contribution >= 4 is 23.4 Å². The second kappa shape index (κ2) is 11.0. The second-order valence-corrected chi connectivity index (χ2v) is 8.66. The summed E-state index contributed by atoms with van der Waals surface area (Å²) >= 11 is 1.59. The summed E-state index contributed by atoms with van der Waals surface area (Å²) < 4.78 is 11.5. The molecule has 1 atom stereocenters. The Labute approximate surface area is 196 Å². The molecular formula is C24H26N4O4S. The van der Waals surface area contributed by atoms with E-state index in [-0.39, 0.29) is 6.61 Å². The number of rotatable bonds is 10. The van der Waals surface area contributed by atoms with E-state index in [0.717, 1.165) is 29.0 Å². The van der Waals surface area contributed by atoms with Gasteiger partial charge in [-0.2, -0.15) is 4.98 Å². The fourth-order valence-corrected chi connectivity index (χ4v) is 4.21. The molecule has 1 aliphatic heterocycles. The molecule has 8 nitrogen and oxygen atoms in total. The number of carboxylic acid groups (broad SMARTS) is 1. The van der Waals surface area contributed by atoms with Gasteiger partial charge in [0, 0.05) is 22.6 Å². The first-order chi connectivity index (χ1) is 16.1. The summed E-state index contributed by atoms with van der Waals surface area (Å²) in [5.41, 5.74) is 3.17. The van der Waals surface area contributed by atoms with E-state index in [0.29, 0.717) is 22.5 Å². The van der Waals surface area contributed by atoms with E-state index in [9.17, 15) is 4.79 Å². The number of hydrogen-bond donors (Lipinski definition) is 2. The van der Waals surface area contributed by atoms with E-state index < -0.39 is 12.2 Å². The SMILES string of the molecule is CCCCCCSc1nnc2c(n1)O[C@H](c1ccc(OCC(=O)O)cc1)Nc1ccccc1-2. The molecule has 2 heterocycles. The van der Waals surface area contributed by atoms with Crippen molar-refractivity contribution in [3.63, 3.8) is 0 Å². The zero-order valence-corrected chi connectivity index (χ0v) is 19.2. The molecule has 0 aliphatic carbocycles. The predicted molar refractivity (Wildman–Crippen MR) is 127 cm³/mol. The molecular weight excluding hydrogens is 440 g/mol. The molecule has 33 heavy (non-hydrogen) atoms. The van der Waals surface area contributed by atoms with Gasteiger partial charge in [-0.15, -0.1) is 10.2 Å². The van der Waals surface area contributed by atoms with Crippen LogP contribution in [0.1, 0.15) is 44.4 Å². The Morgan fingerprint density at radius 3 is 2.73 bits per heavy atom.